The van der Waals surface area contributed by atoms with E-state index in [9.17, 15) is 17.6 Å². The Kier molecular flexibility index (Phi) is 11.9. The first-order valence-corrected chi connectivity index (χ1v) is 12.7. The van der Waals surface area contributed by atoms with E-state index in [1.807, 2.05) is 4.90 Å². The lowest BCUT2D eigenvalue weighted by Crippen LogP contribution is -2.39. The van der Waals surface area contributed by atoms with Crippen molar-refractivity contribution in [3.63, 3.8) is 0 Å². The van der Waals surface area contributed by atoms with E-state index < -0.39 is 16.5 Å². The molecule has 13 heteroatoms. The molecule has 0 atom stereocenters. The maximum absolute atomic E-state index is 13.5. The van der Waals surface area contributed by atoms with Crippen molar-refractivity contribution in [2.75, 3.05) is 70.8 Å². The van der Waals surface area contributed by atoms with Crippen LogP contribution in [0.4, 0.5) is 4.39 Å². The molecule has 0 radical (unpaired) electrons. The Balaban J connectivity index is 1.52. The fraction of sp³-hybridized carbons (Fsp3) is 0.750. The topological polar surface area (TPSA) is 125 Å². The van der Waals surface area contributed by atoms with Gasteiger partial charge in [0.2, 0.25) is 5.91 Å². The molecule has 0 aromatic carbocycles. The molecule has 0 unspecified atom stereocenters. The molecule has 1 amide bonds. The van der Waals surface area contributed by atoms with E-state index in [4.69, 9.17) is 14.2 Å². The Morgan fingerprint density at radius 2 is 1.70 bits per heavy atom. The number of hydrogen-bond donors (Lipinski definition) is 1. The number of carbonyl (C=O) groups excluding carboxylic acids is 1. The Bertz CT molecular complexity index is 849. The number of nitrogens with one attached hydrogen (secondary N) is 1. The number of hydrogen-bond acceptors (Lipinski definition) is 9. The first-order valence-electron chi connectivity index (χ1n) is 10.9. The summed E-state index contributed by atoms with van der Waals surface area (Å²) >= 11 is 0. The Hall–Kier alpha value is -1.93. The quantitative estimate of drug-likeness (QED) is 0.245. The van der Waals surface area contributed by atoms with Crippen LogP contribution in [-0.4, -0.2) is 105 Å². The van der Waals surface area contributed by atoms with E-state index in [2.05, 4.69) is 22.2 Å². The molecular weight excluding hydrogens is 457 g/mol. The van der Waals surface area contributed by atoms with Crippen molar-refractivity contribution in [3.8, 4) is 0 Å². The standard InChI is InChI=1S/C20H34FN5O6S/c1-17(2)20(27)22-3-7-30-9-11-32-12-10-31-8-4-26-19(15-21)18(23-24-26)16-25-5-13-33(28,29)14-6-25/h1,3-16H2,2H3,(H,22,27). The number of nitrogens with zero attached hydrogens (tertiary/aromatic N) is 4. The van der Waals surface area contributed by atoms with Gasteiger partial charge in [0.15, 0.2) is 9.84 Å². The molecule has 0 spiro atoms. The number of sulfone groups is 1. The van der Waals surface area contributed by atoms with Gasteiger partial charge >= 0.3 is 0 Å². The molecule has 1 aromatic heterocycles. The van der Waals surface area contributed by atoms with Gasteiger partial charge < -0.3 is 19.5 Å². The van der Waals surface area contributed by atoms with Crippen LogP contribution in [0.15, 0.2) is 12.2 Å². The average Bonchev–Trinajstić information content (AvgIpc) is 3.16. The monoisotopic (exact) mass is 491 g/mol. The van der Waals surface area contributed by atoms with Crippen molar-refractivity contribution in [1.82, 2.24) is 25.2 Å². The van der Waals surface area contributed by atoms with Crippen molar-refractivity contribution < 1.29 is 31.8 Å². The van der Waals surface area contributed by atoms with Gasteiger partial charge in [-0.05, 0) is 6.92 Å². The minimum Gasteiger partial charge on any atom is -0.377 e. The number of rotatable bonds is 16. The zero-order chi connectivity index (χ0) is 24.1. The van der Waals surface area contributed by atoms with Crippen LogP contribution in [0.1, 0.15) is 18.3 Å². The Morgan fingerprint density at radius 3 is 2.30 bits per heavy atom. The highest BCUT2D eigenvalue weighted by molar-refractivity contribution is 7.91. The Labute approximate surface area is 194 Å². The molecule has 2 heterocycles. The number of alkyl halides is 1. The fourth-order valence-electron chi connectivity index (χ4n) is 3.02. The summed E-state index contributed by atoms with van der Waals surface area (Å²) in [5.41, 5.74) is 1.37. The van der Waals surface area contributed by atoms with Crippen molar-refractivity contribution in [1.29, 1.82) is 0 Å². The summed E-state index contributed by atoms with van der Waals surface area (Å²) in [5.74, 6) is 0.0382. The number of halogens is 1. The second-order valence-electron chi connectivity index (χ2n) is 7.64. The highest BCUT2D eigenvalue weighted by atomic mass is 32.2. The van der Waals surface area contributed by atoms with Gasteiger partial charge in [-0.1, -0.05) is 11.8 Å². The van der Waals surface area contributed by atoms with Crippen LogP contribution in [0.25, 0.3) is 0 Å². The van der Waals surface area contributed by atoms with E-state index in [1.54, 1.807) is 6.92 Å². The normalized spacial score (nSPS) is 16.1. The molecule has 0 aliphatic carbocycles. The predicted molar refractivity (Wildman–Crippen MR) is 119 cm³/mol. The van der Waals surface area contributed by atoms with Gasteiger partial charge in [-0.3, -0.25) is 9.69 Å². The lowest BCUT2D eigenvalue weighted by Gasteiger charge is -2.25. The third kappa shape index (κ3) is 10.3. The molecular formula is C20H34FN5O6S. The largest absolute Gasteiger partial charge is 0.377 e. The second-order valence-corrected chi connectivity index (χ2v) is 9.94. The van der Waals surface area contributed by atoms with E-state index in [1.165, 1.54) is 4.68 Å². The molecule has 11 nitrogen and oxygen atoms in total. The number of carbonyl (C=O) groups is 1. The minimum atomic E-state index is -2.96. The van der Waals surface area contributed by atoms with Crippen molar-refractivity contribution >= 4 is 15.7 Å². The van der Waals surface area contributed by atoms with Gasteiger partial charge in [-0.2, -0.15) is 0 Å². The van der Waals surface area contributed by atoms with Crippen LogP contribution >= 0.6 is 0 Å². The smallest absolute Gasteiger partial charge is 0.246 e. The third-order valence-electron chi connectivity index (χ3n) is 4.97. The van der Waals surface area contributed by atoms with E-state index in [-0.39, 0.29) is 17.4 Å². The van der Waals surface area contributed by atoms with Crippen molar-refractivity contribution in [2.45, 2.75) is 26.7 Å². The summed E-state index contributed by atoms with van der Waals surface area (Å²) in [7, 11) is -2.96. The Morgan fingerprint density at radius 1 is 1.09 bits per heavy atom. The first-order chi connectivity index (χ1) is 15.8. The lowest BCUT2D eigenvalue weighted by molar-refractivity contribution is -0.117. The molecule has 0 saturated carbocycles. The van der Waals surface area contributed by atoms with Crippen LogP contribution in [0, 0.1) is 0 Å². The van der Waals surface area contributed by atoms with Gasteiger partial charge in [-0.15, -0.1) is 5.10 Å². The van der Waals surface area contributed by atoms with Gasteiger partial charge in [0.25, 0.3) is 0 Å². The first kappa shape index (κ1) is 27.3. The second kappa shape index (κ2) is 14.4. The van der Waals surface area contributed by atoms with E-state index in [0.717, 1.165) is 0 Å². The lowest BCUT2D eigenvalue weighted by atomic mass is 10.3. The molecule has 188 valence electrons. The highest BCUT2D eigenvalue weighted by Crippen LogP contribution is 2.13. The van der Waals surface area contributed by atoms with E-state index in [0.29, 0.717) is 89.3 Å². The summed E-state index contributed by atoms with van der Waals surface area (Å²) in [6.07, 6.45) is 0. The molecule has 1 aliphatic rings. The van der Waals surface area contributed by atoms with Crippen LogP contribution in [0.2, 0.25) is 0 Å². The number of ether oxygens (including phenoxy) is 3. The summed E-state index contributed by atoms with van der Waals surface area (Å²) in [6.45, 7) is 8.81. The summed E-state index contributed by atoms with van der Waals surface area (Å²) in [5, 5.41) is 10.7. The van der Waals surface area contributed by atoms with Crippen molar-refractivity contribution in [3.05, 3.63) is 23.5 Å². The maximum Gasteiger partial charge on any atom is 0.246 e. The molecule has 0 bridgehead atoms. The van der Waals surface area contributed by atoms with Crippen LogP contribution in [-0.2, 0) is 48.6 Å². The molecule has 1 saturated heterocycles. The molecule has 1 aromatic rings. The van der Waals surface area contributed by atoms with Gasteiger partial charge in [0.05, 0.1) is 63.4 Å². The fourth-order valence-corrected chi connectivity index (χ4v) is 4.29. The van der Waals surface area contributed by atoms with Crippen LogP contribution < -0.4 is 5.32 Å². The third-order valence-corrected chi connectivity index (χ3v) is 6.58. The molecule has 1 fully saturated rings. The molecule has 1 aliphatic heterocycles. The SMILES string of the molecule is C=C(C)C(=O)NCCOCCOCCOCCn1nnc(CN2CCS(=O)(=O)CC2)c1CF. The number of aromatic nitrogens is 3. The molecule has 2 rings (SSSR count). The summed E-state index contributed by atoms with van der Waals surface area (Å²) in [4.78, 5) is 13.2. The maximum atomic E-state index is 13.5. The minimum absolute atomic E-state index is 0.113. The summed E-state index contributed by atoms with van der Waals surface area (Å²) < 4.78 is 54.4. The van der Waals surface area contributed by atoms with Gasteiger partial charge in [-0.25, -0.2) is 17.5 Å². The predicted octanol–water partition coefficient (Wildman–Crippen LogP) is -0.280. The van der Waals surface area contributed by atoms with Crippen molar-refractivity contribution in [2.24, 2.45) is 0 Å². The summed E-state index contributed by atoms with van der Waals surface area (Å²) in [6, 6.07) is 0. The zero-order valence-corrected chi connectivity index (χ0v) is 19.9. The van der Waals surface area contributed by atoms with Crippen LogP contribution in [0.3, 0.4) is 0 Å². The highest BCUT2D eigenvalue weighted by Gasteiger charge is 2.23. The average molecular weight is 492 g/mol. The zero-order valence-electron chi connectivity index (χ0n) is 19.1. The molecule has 1 N–H and O–H groups in total. The van der Waals surface area contributed by atoms with Gasteiger partial charge in [0.1, 0.15) is 12.4 Å². The van der Waals surface area contributed by atoms with E-state index >= 15 is 0 Å². The number of amides is 1. The molecule has 33 heavy (non-hydrogen) atoms. The van der Waals surface area contributed by atoms with Crippen LogP contribution in [0.5, 0.6) is 0 Å². The van der Waals surface area contributed by atoms with Gasteiger partial charge in [0, 0.05) is 31.8 Å².